The minimum Gasteiger partial charge on any atom is -0.454 e. The number of piperidine rings is 1. The Labute approximate surface area is 131 Å². The first-order valence-electron chi connectivity index (χ1n) is 8.18. The van der Waals surface area contributed by atoms with Crippen LogP contribution in [0.5, 0.6) is 11.5 Å². The molecule has 122 valence electrons. The zero-order valence-electron chi connectivity index (χ0n) is 13.2. The third kappa shape index (κ3) is 4.12. The molecule has 0 radical (unpaired) electrons. The smallest absolute Gasteiger partial charge is 0.231 e. The molecule has 1 fully saturated rings. The van der Waals surface area contributed by atoms with Gasteiger partial charge in [0.1, 0.15) is 12.6 Å². The number of aliphatic hydroxyl groups excluding tert-OH is 1. The first-order chi connectivity index (χ1) is 10.7. The van der Waals surface area contributed by atoms with Gasteiger partial charge in [0.05, 0.1) is 26.3 Å². The number of ether oxygens (including phenoxy) is 3. The van der Waals surface area contributed by atoms with E-state index in [1.54, 1.807) is 0 Å². The molecule has 0 saturated carbocycles. The van der Waals surface area contributed by atoms with Gasteiger partial charge < -0.3 is 24.2 Å². The molecule has 3 rings (SSSR count). The van der Waals surface area contributed by atoms with E-state index in [0.717, 1.165) is 29.5 Å². The molecule has 2 aliphatic heterocycles. The number of benzene rings is 1. The Balaban J connectivity index is 1.39. The highest BCUT2D eigenvalue weighted by Gasteiger charge is 2.22. The molecule has 0 spiro atoms. The van der Waals surface area contributed by atoms with E-state index in [0.29, 0.717) is 13.2 Å². The summed E-state index contributed by atoms with van der Waals surface area (Å²) in [6.07, 6.45) is 2.19. The Morgan fingerprint density at radius 3 is 3.09 bits per heavy atom. The fourth-order valence-electron chi connectivity index (χ4n) is 3.32. The molecule has 3 atom stereocenters. The van der Waals surface area contributed by atoms with Crippen molar-refractivity contribution in [1.82, 2.24) is 0 Å². The fraction of sp³-hybridized carbons (Fsp3) is 0.647. The van der Waals surface area contributed by atoms with Crippen molar-refractivity contribution in [3.63, 3.8) is 0 Å². The second kappa shape index (κ2) is 7.31. The van der Waals surface area contributed by atoms with Crippen LogP contribution in [-0.2, 0) is 11.3 Å². The van der Waals surface area contributed by atoms with E-state index in [9.17, 15) is 5.11 Å². The van der Waals surface area contributed by atoms with Gasteiger partial charge in [-0.1, -0.05) is 13.0 Å². The maximum atomic E-state index is 10.1. The lowest BCUT2D eigenvalue weighted by Gasteiger charge is -2.29. The molecule has 1 unspecified atom stereocenters. The van der Waals surface area contributed by atoms with Crippen LogP contribution < -0.4 is 14.4 Å². The van der Waals surface area contributed by atoms with Crippen molar-refractivity contribution >= 4 is 0 Å². The minimum atomic E-state index is -0.394. The quantitative estimate of drug-likeness (QED) is 0.808. The van der Waals surface area contributed by atoms with E-state index in [2.05, 4.69) is 6.92 Å². The Morgan fingerprint density at radius 1 is 1.36 bits per heavy atom. The predicted octanol–water partition coefficient (Wildman–Crippen LogP) is 0.608. The maximum absolute atomic E-state index is 10.1. The third-order valence-corrected chi connectivity index (χ3v) is 4.40. The topological polar surface area (TPSA) is 52.4 Å². The molecule has 2 aliphatic rings. The first-order valence-corrected chi connectivity index (χ1v) is 8.18. The summed E-state index contributed by atoms with van der Waals surface area (Å²) in [5, 5.41) is 10.1. The number of quaternary nitrogens is 1. The van der Waals surface area contributed by atoms with Crippen molar-refractivity contribution in [2.45, 2.75) is 32.5 Å². The molecular weight excluding hydrogens is 282 g/mol. The van der Waals surface area contributed by atoms with Gasteiger partial charge in [0, 0.05) is 5.92 Å². The lowest BCUT2D eigenvalue weighted by molar-refractivity contribution is -0.911. The van der Waals surface area contributed by atoms with Crippen molar-refractivity contribution in [1.29, 1.82) is 0 Å². The second-order valence-electron chi connectivity index (χ2n) is 6.51. The molecule has 5 nitrogen and oxygen atoms in total. The van der Waals surface area contributed by atoms with E-state index in [1.807, 2.05) is 18.2 Å². The number of likely N-dealkylation sites (tertiary alicyclic amines) is 1. The summed E-state index contributed by atoms with van der Waals surface area (Å²) in [5.41, 5.74) is 1.04. The second-order valence-corrected chi connectivity index (χ2v) is 6.51. The van der Waals surface area contributed by atoms with Crippen LogP contribution in [0, 0.1) is 5.92 Å². The van der Waals surface area contributed by atoms with E-state index in [1.165, 1.54) is 30.8 Å². The Morgan fingerprint density at radius 2 is 2.23 bits per heavy atom. The Bertz CT molecular complexity index is 494. The highest BCUT2D eigenvalue weighted by atomic mass is 16.7. The summed E-state index contributed by atoms with van der Waals surface area (Å²) in [6.45, 7) is 6.57. The van der Waals surface area contributed by atoms with Crippen LogP contribution in [-0.4, -0.2) is 44.2 Å². The molecule has 0 aliphatic carbocycles. The van der Waals surface area contributed by atoms with Gasteiger partial charge in [0.2, 0.25) is 6.79 Å². The number of hydrogen-bond donors (Lipinski definition) is 2. The van der Waals surface area contributed by atoms with E-state index < -0.39 is 6.10 Å². The van der Waals surface area contributed by atoms with Crippen LogP contribution in [0.4, 0.5) is 0 Å². The minimum absolute atomic E-state index is 0.287. The summed E-state index contributed by atoms with van der Waals surface area (Å²) >= 11 is 0. The molecule has 1 aromatic rings. The molecule has 5 heteroatoms. The van der Waals surface area contributed by atoms with Gasteiger partial charge in [0.25, 0.3) is 0 Å². The number of rotatable bonds is 6. The lowest BCUT2D eigenvalue weighted by Crippen LogP contribution is -3.14. The standard InChI is InChI=1S/C17H25NO4/c1-13-3-2-6-18(8-13)9-15(19)11-20-10-14-4-5-16-17(7-14)22-12-21-16/h4-5,7,13,15,19H,2-3,6,8-12H2,1H3/p+1/t13-,15+/m1/s1. The number of nitrogens with one attached hydrogen (secondary N) is 1. The van der Waals surface area contributed by atoms with Crippen molar-refractivity contribution in [2.75, 3.05) is 33.0 Å². The van der Waals surface area contributed by atoms with Crippen LogP contribution in [0.2, 0.25) is 0 Å². The summed E-state index contributed by atoms with van der Waals surface area (Å²) in [5.74, 6) is 2.32. The van der Waals surface area contributed by atoms with Gasteiger partial charge in [-0.2, -0.15) is 0 Å². The Hall–Kier alpha value is -1.30. The molecule has 1 aromatic carbocycles. The summed E-state index contributed by atoms with van der Waals surface area (Å²) in [6, 6.07) is 5.81. The zero-order chi connectivity index (χ0) is 15.4. The third-order valence-electron chi connectivity index (χ3n) is 4.40. The van der Waals surface area contributed by atoms with Gasteiger partial charge in [-0.05, 0) is 30.5 Å². The average molecular weight is 308 g/mol. The van der Waals surface area contributed by atoms with Crippen LogP contribution in [0.15, 0.2) is 18.2 Å². The van der Waals surface area contributed by atoms with Crippen molar-refractivity contribution in [3.05, 3.63) is 23.8 Å². The molecule has 1 saturated heterocycles. The van der Waals surface area contributed by atoms with Crippen molar-refractivity contribution in [3.8, 4) is 11.5 Å². The normalized spacial score (nSPS) is 25.2. The monoisotopic (exact) mass is 308 g/mol. The van der Waals surface area contributed by atoms with Crippen LogP contribution >= 0.6 is 0 Å². The van der Waals surface area contributed by atoms with Crippen LogP contribution in [0.25, 0.3) is 0 Å². The summed E-state index contributed by atoms with van der Waals surface area (Å²) in [7, 11) is 0. The Kier molecular flexibility index (Phi) is 5.18. The lowest BCUT2D eigenvalue weighted by atomic mass is 10.0. The maximum Gasteiger partial charge on any atom is 0.231 e. The van der Waals surface area contributed by atoms with E-state index in [-0.39, 0.29) is 6.79 Å². The van der Waals surface area contributed by atoms with Crippen molar-refractivity contribution < 1.29 is 24.2 Å². The largest absolute Gasteiger partial charge is 0.454 e. The SMILES string of the molecule is C[C@@H]1CCC[NH+](C[C@H](O)COCc2ccc3c(c2)OCO3)C1. The van der Waals surface area contributed by atoms with Gasteiger partial charge >= 0.3 is 0 Å². The van der Waals surface area contributed by atoms with Crippen LogP contribution in [0.1, 0.15) is 25.3 Å². The van der Waals surface area contributed by atoms with Gasteiger partial charge in [-0.25, -0.2) is 0 Å². The fourth-order valence-corrected chi connectivity index (χ4v) is 3.32. The van der Waals surface area contributed by atoms with Gasteiger partial charge in [0.15, 0.2) is 11.5 Å². The van der Waals surface area contributed by atoms with Gasteiger partial charge in [-0.3, -0.25) is 0 Å². The molecule has 2 heterocycles. The molecular formula is C17H26NO4+. The molecule has 0 amide bonds. The first kappa shape index (κ1) is 15.6. The van der Waals surface area contributed by atoms with Crippen LogP contribution in [0.3, 0.4) is 0 Å². The predicted molar refractivity (Wildman–Crippen MR) is 82.2 cm³/mol. The van der Waals surface area contributed by atoms with Crippen molar-refractivity contribution in [2.24, 2.45) is 5.92 Å². The highest BCUT2D eigenvalue weighted by molar-refractivity contribution is 5.44. The molecule has 0 bridgehead atoms. The summed E-state index contributed by atoms with van der Waals surface area (Å²) in [4.78, 5) is 1.50. The van der Waals surface area contributed by atoms with E-state index in [4.69, 9.17) is 14.2 Å². The summed E-state index contributed by atoms with van der Waals surface area (Å²) < 4.78 is 16.3. The van der Waals surface area contributed by atoms with E-state index >= 15 is 0 Å². The molecule has 22 heavy (non-hydrogen) atoms. The number of fused-ring (bicyclic) bond motifs is 1. The van der Waals surface area contributed by atoms with Gasteiger partial charge in [-0.15, -0.1) is 0 Å². The average Bonchev–Trinajstić information content (AvgIpc) is 2.95. The number of aliphatic hydroxyl groups is 1. The molecule has 0 aromatic heterocycles. The highest BCUT2D eigenvalue weighted by Crippen LogP contribution is 2.32. The number of hydrogen-bond acceptors (Lipinski definition) is 4. The zero-order valence-corrected chi connectivity index (χ0v) is 13.2. The molecule has 2 N–H and O–H groups in total.